The second-order valence-corrected chi connectivity index (χ2v) is 10.1. The molecule has 38 heavy (non-hydrogen) atoms. The molecular weight excluding hydrogens is 482 g/mol. The van der Waals surface area contributed by atoms with E-state index in [4.69, 9.17) is 20.6 Å². The van der Waals surface area contributed by atoms with Gasteiger partial charge in [0.1, 0.15) is 22.8 Å². The van der Waals surface area contributed by atoms with Crippen molar-refractivity contribution in [2.45, 2.75) is 63.1 Å². The van der Waals surface area contributed by atoms with Crippen molar-refractivity contribution in [3.63, 3.8) is 0 Å². The summed E-state index contributed by atoms with van der Waals surface area (Å²) in [5, 5.41) is 3.06. The highest BCUT2D eigenvalue weighted by molar-refractivity contribution is 6.11. The lowest BCUT2D eigenvalue weighted by Gasteiger charge is -2.39. The van der Waals surface area contributed by atoms with Crippen LogP contribution in [0.1, 0.15) is 50.5 Å². The van der Waals surface area contributed by atoms with Gasteiger partial charge in [-0.15, -0.1) is 6.42 Å². The summed E-state index contributed by atoms with van der Waals surface area (Å²) in [6.45, 7) is 0.239. The minimum Gasteiger partial charge on any atom is -0.497 e. The fourth-order valence-corrected chi connectivity index (χ4v) is 5.24. The van der Waals surface area contributed by atoms with Crippen LogP contribution >= 0.6 is 0 Å². The number of anilines is 2. The quantitative estimate of drug-likeness (QED) is 0.472. The van der Waals surface area contributed by atoms with Crippen LogP contribution in [0.15, 0.2) is 36.4 Å². The third-order valence-electron chi connectivity index (χ3n) is 7.57. The van der Waals surface area contributed by atoms with E-state index in [-0.39, 0.29) is 18.6 Å². The van der Waals surface area contributed by atoms with E-state index in [2.05, 4.69) is 11.2 Å². The van der Waals surface area contributed by atoms with Crippen LogP contribution in [0.25, 0.3) is 0 Å². The van der Waals surface area contributed by atoms with Gasteiger partial charge in [0.05, 0.1) is 26.0 Å². The molecule has 2 saturated carbocycles. The van der Waals surface area contributed by atoms with Crippen LogP contribution in [0.4, 0.5) is 11.4 Å². The van der Waals surface area contributed by atoms with E-state index in [0.717, 1.165) is 42.7 Å². The molecule has 2 fully saturated rings. The van der Waals surface area contributed by atoms with Crippen LogP contribution in [-0.2, 0) is 16.1 Å². The Bertz CT molecular complexity index is 1210. The number of nitrogens with zero attached hydrogens (tertiary/aromatic N) is 2. The predicted molar refractivity (Wildman–Crippen MR) is 148 cm³/mol. The maximum atomic E-state index is 13.9. The van der Waals surface area contributed by atoms with Crippen molar-refractivity contribution >= 4 is 23.2 Å². The Morgan fingerprint density at radius 3 is 2.34 bits per heavy atom. The second-order valence-electron chi connectivity index (χ2n) is 10.1. The molecule has 8 heteroatoms. The van der Waals surface area contributed by atoms with Crippen molar-refractivity contribution in [2.24, 2.45) is 0 Å². The second kappa shape index (κ2) is 11.7. The summed E-state index contributed by atoms with van der Waals surface area (Å²) in [6, 6.07) is 11.0. The minimum absolute atomic E-state index is 0.213. The van der Waals surface area contributed by atoms with E-state index >= 15 is 0 Å². The highest BCUT2D eigenvalue weighted by Crippen LogP contribution is 2.42. The van der Waals surface area contributed by atoms with E-state index in [9.17, 15) is 9.59 Å². The predicted octanol–water partition coefficient (Wildman–Crippen LogP) is 4.30. The third-order valence-corrected chi connectivity index (χ3v) is 7.57. The molecule has 2 aromatic carbocycles. The minimum atomic E-state index is -1.09. The fourth-order valence-electron chi connectivity index (χ4n) is 5.24. The summed E-state index contributed by atoms with van der Waals surface area (Å²) < 4.78 is 17.0. The molecule has 2 aliphatic rings. The smallest absolute Gasteiger partial charge is 0.303 e. The third kappa shape index (κ3) is 5.38. The Morgan fingerprint density at radius 2 is 1.76 bits per heavy atom. The van der Waals surface area contributed by atoms with Gasteiger partial charge in [0.25, 0.3) is 0 Å². The topological polar surface area (TPSA) is 80.3 Å². The Morgan fingerprint density at radius 1 is 1.03 bits per heavy atom. The lowest BCUT2D eigenvalue weighted by molar-refractivity contribution is -0.129. The number of terminal acetylenes is 1. The van der Waals surface area contributed by atoms with E-state index in [0.29, 0.717) is 30.0 Å². The summed E-state index contributed by atoms with van der Waals surface area (Å²) in [4.78, 5) is 30.7. The molecule has 0 heterocycles. The molecule has 0 radical (unpaired) electrons. The Kier molecular flexibility index (Phi) is 8.35. The molecule has 4 rings (SSSR count). The van der Waals surface area contributed by atoms with Gasteiger partial charge in [-0.05, 0) is 68.4 Å². The van der Waals surface area contributed by atoms with Crippen LogP contribution in [-0.4, -0.2) is 51.8 Å². The Balaban J connectivity index is 1.66. The molecular formula is C30H37N3O5. The first kappa shape index (κ1) is 27.2. The first-order chi connectivity index (χ1) is 18.3. The van der Waals surface area contributed by atoms with E-state index in [1.165, 1.54) is 11.3 Å². The van der Waals surface area contributed by atoms with Crippen molar-refractivity contribution in [3.8, 4) is 29.6 Å². The van der Waals surface area contributed by atoms with Gasteiger partial charge in [0.2, 0.25) is 5.91 Å². The molecule has 2 amide bonds. The van der Waals surface area contributed by atoms with Crippen LogP contribution in [0, 0.1) is 12.3 Å². The molecule has 8 nitrogen and oxygen atoms in total. The van der Waals surface area contributed by atoms with Gasteiger partial charge in [-0.2, -0.15) is 0 Å². The zero-order valence-corrected chi connectivity index (χ0v) is 22.7. The number of carbonyl (C=O) groups excluding carboxylic acids is 2. The number of rotatable bonds is 10. The molecule has 202 valence electrons. The number of amides is 2. The van der Waals surface area contributed by atoms with Gasteiger partial charge in [-0.1, -0.05) is 12.8 Å². The first-order valence-corrected chi connectivity index (χ1v) is 13.1. The zero-order chi connectivity index (χ0) is 27.3. The first-order valence-electron chi connectivity index (χ1n) is 13.1. The number of hydrogen-bond donors (Lipinski definition) is 1. The van der Waals surface area contributed by atoms with Gasteiger partial charge in [0.15, 0.2) is 0 Å². The normalized spacial score (nSPS) is 16.1. The summed E-state index contributed by atoms with van der Waals surface area (Å²) in [6.07, 6.45) is 11.8. The van der Waals surface area contributed by atoms with E-state index in [1.807, 2.05) is 49.3 Å². The van der Waals surface area contributed by atoms with Gasteiger partial charge in [0, 0.05) is 38.0 Å². The van der Waals surface area contributed by atoms with Gasteiger partial charge < -0.3 is 24.4 Å². The van der Waals surface area contributed by atoms with Gasteiger partial charge in [-0.25, -0.2) is 0 Å². The van der Waals surface area contributed by atoms with Crippen LogP contribution in [0.2, 0.25) is 0 Å². The lowest BCUT2D eigenvalue weighted by Crippen LogP contribution is -2.59. The van der Waals surface area contributed by atoms with Crippen LogP contribution in [0.3, 0.4) is 0 Å². The summed E-state index contributed by atoms with van der Waals surface area (Å²) >= 11 is 0. The maximum absolute atomic E-state index is 13.9. The standard InChI is InChI=1S/C30H37N3O5/c1-6-28(34)33(22-13-15-26(25(18-22)32(2)3)38-23-10-9-11-23)30(16-7-8-17-30)29(35)31-20-21-12-14-24(36-4)19-27(21)37-5/h1,12-15,18-19,23H,7-11,16-17,20H2,2-5H3,(H,31,35). The summed E-state index contributed by atoms with van der Waals surface area (Å²) in [5.41, 5.74) is 1.12. The molecule has 0 atom stereocenters. The average molecular weight is 520 g/mol. The molecule has 0 bridgehead atoms. The van der Waals surface area contributed by atoms with Gasteiger partial charge >= 0.3 is 5.91 Å². The fraction of sp³-hybridized carbons (Fsp3) is 0.467. The zero-order valence-electron chi connectivity index (χ0n) is 22.7. The number of methoxy groups -OCH3 is 2. The Hall–Kier alpha value is -3.86. The van der Waals surface area contributed by atoms with Crippen LogP contribution in [0.5, 0.6) is 17.2 Å². The van der Waals surface area contributed by atoms with Crippen LogP contribution < -0.4 is 29.3 Å². The molecule has 2 aliphatic carbocycles. The lowest BCUT2D eigenvalue weighted by atomic mass is 9.92. The number of hydrogen-bond acceptors (Lipinski definition) is 6. The number of nitrogens with one attached hydrogen (secondary N) is 1. The van der Waals surface area contributed by atoms with Crippen molar-refractivity contribution < 1.29 is 23.8 Å². The molecule has 1 N–H and O–H groups in total. The highest BCUT2D eigenvalue weighted by atomic mass is 16.5. The molecule has 0 aromatic heterocycles. The number of benzene rings is 2. The van der Waals surface area contributed by atoms with Crippen molar-refractivity contribution in [3.05, 3.63) is 42.0 Å². The molecule has 2 aromatic rings. The largest absolute Gasteiger partial charge is 0.497 e. The van der Waals surface area contributed by atoms with E-state index in [1.54, 1.807) is 20.3 Å². The molecule has 0 saturated heterocycles. The maximum Gasteiger partial charge on any atom is 0.303 e. The highest BCUT2D eigenvalue weighted by Gasteiger charge is 2.49. The summed E-state index contributed by atoms with van der Waals surface area (Å²) in [5.74, 6) is 3.52. The van der Waals surface area contributed by atoms with Gasteiger partial charge in [-0.3, -0.25) is 14.5 Å². The summed E-state index contributed by atoms with van der Waals surface area (Å²) in [7, 11) is 7.03. The number of carbonyl (C=O) groups is 2. The molecule has 0 unspecified atom stereocenters. The number of ether oxygens (including phenoxy) is 3. The molecule has 0 spiro atoms. The monoisotopic (exact) mass is 519 g/mol. The molecule has 0 aliphatic heterocycles. The SMILES string of the molecule is C#CC(=O)N(c1ccc(OC2CCC2)c(N(C)C)c1)C1(C(=O)NCc2ccc(OC)cc2OC)CCCC1. The van der Waals surface area contributed by atoms with E-state index < -0.39 is 11.4 Å². The average Bonchev–Trinajstić information content (AvgIpc) is 3.40. The van der Waals surface area contributed by atoms with Crippen molar-refractivity contribution in [2.75, 3.05) is 38.1 Å². The van der Waals surface area contributed by atoms with Crippen molar-refractivity contribution in [1.82, 2.24) is 5.32 Å². The Labute approximate surface area is 225 Å². The van der Waals surface area contributed by atoms with Crippen molar-refractivity contribution in [1.29, 1.82) is 0 Å².